The van der Waals surface area contributed by atoms with Crippen molar-refractivity contribution in [3.8, 4) is 0 Å². The molecule has 0 spiro atoms. The van der Waals surface area contributed by atoms with Gasteiger partial charge in [0.1, 0.15) is 17.4 Å². The molecule has 0 saturated carbocycles. The molecule has 1 aromatic heterocycles. The van der Waals surface area contributed by atoms with Crippen molar-refractivity contribution in [2.45, 2.75) is 31.2 Å². The third kappa shape index (κ3) is 3.07. The topological polar surface area (TPSA) is 43.1 Å². The third-order valence-electron chi connectivity index (χ3n) is 2.85. The van der Waals surface area contributed by atoms with Crippen LogP contribution in [0.3, 0.4) is 0 Å². The second kappa shape index (κ2) is 5.75. The average molecular weight is 297 g/mol. The van der Waals surface area contributed by atoms with E-state index < -0.39 is 22.7 Å². The van der Waals surface area contributed by atoms with Crippen molar-refractivity contribution < 1.29 is 18.0 Å². The van der Waals surface area contributed by atoms with Crippen molar-refractivity contribution in [2.75, 3.05) is 0 Å². The highest BCUT2D eigenvalue weighted by molar-refractivity contribution is 8.00. The van der Waals surface area contributed by atoms with Gasteiger partial charge in [-0.1, -0.05) is 11.8 Å². The van der Waals surface area contributed by atoms with E-state index in [0.717, 1.165) is 35.7 Å². The zero-order chi connectivity index (χ0) is 14.9. The Hall–Kier alpha value is -1.69. The number of carbonyl (C=O) groups excluding carboxylic acids is 1. The van der Waals surface area contributed by atoms with Crippen LogP contribution >= 0.6 is 11.8 Å². The lowest BCUT2D eigenvalue weighted by Gasteiger charge is -2.08. The number of benzene rings is 1. The highest BCUT2D eigenvalue weighted by Crippen LogP contribution is 2.27. The predicted octanol–water partition coefficient (Wildman–Crippen LogP) is 3.93. The third-order valence-corrected chi connectivity index (χ3v) is 3.79. The molecule has 0 fully saturated rings. The highest BCUT2D eigenvalue weighted by atomic mass is 32.2. The average Bonchev–Trinajstić information content (AvgIpc) is 2.70. The van der Waals surface area contributed by atoms with E-state index in [1.54, 1.807) is 20.8 Å². The first-order valence-electron chi connectivity index (χ1n) is 5.98. The zero-order valence-electron chi connectivity index (χ0n) is 11.2. The summed E-state index contributed by atoms with van der Waals surface area (Å²) < 4.78 is 32.0. The molecule has 0 aliphatic rings. The van der Waals surface area contributed by atoms with E-state index in [2.05, 4.69) is 4.98 Å². The summed E-state index contributed by atoms with van der Waals surface area (Å²) in [6.07, 6.45) is 0. The van der Waals surface area contributed by atoms with Gasteiger partial charge < -0.3 is 4.42 Å². The van der Waals surface area contributed by atoms with Crippen LogP contribution in [0.4, 0.5) is 8.78 Å². The van der Waals surface area contributed by atoms with E-state index in [4.69, 9.17) is 4.42 Å². The first-order chi connectivity index (χ1) is 9.38. The molecule has 1 atom stereocenters. The van der Waals surface area contributed by atoms with Crippen LogP contribution in [0.5, 0.6) is 0 Å². The minimum absolute atomic E-state index is 0.259. The zero-order valence-corrected chi connectivity index (χ0v) is 12.1. The largest absolute Gasteiger partial charge is 0.437 e. The summed E-state index contributed by atoms with van der Waals surface area (Å²) in [5.41, 5.74) is 0.481. The van der Waals surface area contributed by atoms with E-state index in [9.17, 15) is 13.6 Å². The van der Waals surface area contributed by atoms with Gasteiger partial charge in [-0.05, 0) is 39.0 Å². The number of nitrogens with zero attached hydrogens (tertiary/aromatic N) is 1. The van der Waals surface area contributed by atoms with Crippen molar-refractivity contribution in [1.82, 2.24) is 4.98 Å². The van der Waals surface area contributed by atoms with Gasteiger partial charge in [-0.25, -0.2) is 13.8 Å². The van der Waals surface area contributed by atoms with E-state index in [0.29, 0.717) is 11.0 Å². The number of aryl methyl sites for hydroxylation is 2. The number of rotatable bonds is 4. The Morgan fingerprint density at radius 1 is 1.35 bits per heavy atom. The normalized spacial score (nSPS) is 12.4. The van der Waals surface area contributed by atoms with Crippen molar-refractivity contribution >= 4 is 17.5 Å². The van der Waals surface area contributed by atoms with Crippen molar-refractivity contribution in [1.29, 1.82) is 0 Å². The van der Waals surface area contributed by atoms with Crippen molar-refractivity contribution in [2.24, 2.45) is 0 Å². The molecule has 0 saturated heterocycles. The Balaban J connectivity index is 2.18. The van der Waals surface area contributed by atoms with E-state index in [1.807, 2.05) is 0 Å². The molecule has 0 bridgehead atoms. The fraction of sp³-hybridized carbons (Fsp3) is 0.286. The summed E-state index contributed by atoms with van der Waals surface area (Å²) in [7, 11) is 0. The minimum Gasteiger partial charge on any atom is -0.437 e. The van der Waals surface area contributed by atoms with Crippen LogP contribution in [0.25, 0.3) is 0 Å². The lowest BCUT2D eigenvalue weighted by atomic mass is 10.1. The molecule has 0 radical (unpaired) electrons. The van der Waals surface area contributed by atoms with Gasteiger partial charge in [0.2, 0.25) is 0 Å². The molecule has 1 aromatic carbocycles. The number of ketones is 1. The fourth-order valence-corrected chi connectivity index (χ4v) is 2.50. The number of thioether (sulfide) groups is 1. The molecule has 106 valence electrons. The maximum absolute atomic E-state index is 13.6. The maximum atomic E-state index is 13.6. The van der Waals surface area contributed by atoms with Gasteiger partial charge in [0.05, 0.1) is 16.5 Å². The second-order valence-corrected chi connectivity index (χ2v) is 5.66. The molecule has 0 amide bonds. The summed E-state index contributed by atoms with van der Waals surface area (Å²) in [6.45, 7) is 5.17. The molecule has 1 heterocycles. The molecule has 6 heteroatoms. The van der Waals surface area contributed by atoms with Crippen molar-refractivity contribution in [3.63, 3.8) is 0 Å². The molecule has 0 aliphatic heterocycles. The molecule has 2 rings (SSSR count). The Bertz CT molecular complexity index is 635. The lowest BCUT2D eigenvalue weighted by molar-refractivity contribution is 0.0989. The number of hydrogen-bond acceptors (Lipinski definition) is 4. The smallest absolute Gasteiger partial charge is 0.256 e. The Morgan fingerprint density at radius 3 is 2.65 bits per heavy atom. The highest BCUT2D eigenvalue weighted by Gasteiger charge is 2.22. The van der Waals surface area contributed by atoms with Gasteiger partial charge in [-0.15, -0.1) is 0 Å². The Kier molecular flexibility index (Phi) is 4.23. The van der Waals surface area contributed by atoms with Crippen LogP contribution in [0.1, 0.15) is 28.7 Å². The number of halogens is 2. The van der Waals surface area contributed by atoms with Gasteiger partial charge in [0.15, 0.2) is 5.78 Å². The van der Waals surface area contributed by atoms with Gasteiger partial charge in [0, 0.05) is 0 Å². The Labute approximate surface area is 119 Å². The summed E-state index contributed by atoms with van der Waals surface area (Å²) in [4.78, 5) is 16.3. The molecule has 2 aromatic rings. The molecule has 0 unspecified atom stereocenters. The van der Waals surface area contributed by atoms with Gasteiger partial charge in [-0.2, -0.15) is 0 Å². The van der Waals surface area contributed by atoms with Crippen LogP contribution in [-0.2, 0) is 0 Å². The van der Waals surface area contributed by atoms with Crippen LogP contribution in [-0.4, -0.2) is 16.0 Å². The van der Waals surface area contributed by atoms with E-state index in [1.165, 1.54) is 0 Å². The molecule has 3 nitrogen and oxygen atoms in total. The quantitative estimate of drug-likeness (QED) is 0.633. The summed E-state index contributed by atoms with van der Waals surface area (Å²) in [5.74, 6) is -1.21. The van der Waals surface area contributed by atoms with E-state index >= 15 is 0 Å². The first-order valence-corrected chi connectivity index (χ1v) is 6.86. The van der Waals surface area contributed by atoms with Crippen molar-refractivity contribution in [3.05, 3.63) is 46.9 Å². The van der Waals surface area contributed by atoms with Gasteiger partial charge in [0.25, 0.3) is 5.22 Å². The Morgan fingerprint density at radius 2 is 2.05 bits per heavy atom. The summed E-state index contributed by atoms with van der Waals surface area (Å²) >= 11 is 1.08. The lowest BCUT2D eigenvalue weighted by Crippen LogP contribution is -2.15. The minimum atomic E-state index is -0.733. The van der Waals surface area contributed by atoms with Gasteiger partial charge >= 0.3 is 0 Å². The fourth-order valence-electron chi connectivity index (χ4n) is 1.60. The SMILES string of the molecule is Cc1nc(S[C@@H](C)C(=O)c2cc(F)ccc2F)oc1C. The molecular formula is C14H13F2NO2S. The van der Waals surface area contributed by atoms with Crippen LogP contribution < -0.4 is 0 Å². The predicted molar refractivity (Wildman–Crippen MR) is 72.0 cm³/mol. The van der Waals surface area contributed by atoms with Crippen LogP contribution in [0.2, 0.25) is 0 Å². The van der Waals surface area contributed by atoms with E-state index in [-0.39, 0.29) is 5.56 Å². The molecule has 0 aliphatic carbocycles. The first kappa shape index (κ1) is 14.7. The second-order valence-electron chi connectivity index (χ2n) is 4.37. The standard InChI is InChI=1S/C14H13F2NO2S/c1-7-8(2)19-14(17-7)20-9(3)13(18)11-6-10(15)4-5-12(11)16/h4-6,9H,1-3H3/t9-/m0/s1. The maximum Gasteiger partial charge on any atom is 0.256 e. The van der Waals surface area contributed by atoms with Crippen LogP contribution in [0.15, 0.2) is 27.8 Å². The number of hydrogen-bond donors (Lipinski definition) is 0. The summed E-state index contributed by atoms with van der Waals surface area (Å²) in [6, 6.07) is 2.82. The number of Topliss-reactive ketones (excluding diaryl/α,β-unsaturated/α-hetero) is 1. The molecule has 0 N–H and O–H groups in total. The summed E-state index contributed by atoms with van der Waals surface area (Å²) in [5, 5.41) is -0.276. The number of carbonyl (C=O) groups is 1. The number of oxazole rings is 1. The molecular weight excluding hydrogens is 284 g/mol. The molecule has 20 heavy (non-hydrogen) atoms. The monoisotopic (exact) mass is 297 g/mol. The number of aromatic nitrogens is 1. The van der Waals surface area contributed by atoms with Crippen LogP contribution in [0, 0.1) is 25.5 Å². The van der Waals surface area contributed by atoms with Gasteiger partial charge in [-0.3, -0.25) is 4.79 Å².